The second-order valence-corrected chi connectivity index (χ2v) is 10.6. The van der Waals surface area contributed by atoms with E-state index in [0.29, 0.717) is 42.1 Å². The first-order chi connectivity index (χ1) is 19.6. The van der Waals surface area contributed by atoms with Crippen LogP contribution >= 0.6 is 11.6 Å². The van der Waals surface area contributed by atoms with Gasteiger partial charge in [-0.2, -0.15) is 13.2 Å². The van der Waals surface area contributed by atoms with Crippen LogP contribution in [0.25, 0.3) is 0 Å². The van der Waals surface area contributed by atoms with E-state index in [-0.39, 0.29) is 31.6 Å². The summed E-state index contributed by atoms with van der Waals surface area (Å²) in [6, 6.07) is 21.0. The SMILES string of the molecule is O=C(CN1CN(c2ccccc2)C2(CCN(C(=O)c3ccccc3Cl)CC2)C1=O)NCc1cccc(C(F)(F)F)c1. The monoisotopic (exact) mass is 584 g/mol. The lowest BCUT2D eigenvalue weighted by Gasteiger charge is -2.43. The van der Waals surface area contributed by atoms with Gasteiger partial charge in [-0.1, -0.05) is 54.1 Å². The number of hydrogen-bond donors (Lipinski definition) is 1. The van der Waals surface area contributed by atoms with Crippen molar-refractivity contribution in [3.63, 3.8) is 0 Å². The summed E-state index contributed by atoms with van der Waals surface area (Å²) in [5.41, 5.74) is -0.210. The van der Waals surface area contributed by atoms with Crippen LogP contribution < -0.4 is 10.2 Å². The lowest BCUT2D eigenvalue weighted by atomic mass is 9.85. The number of carbonyl (C=O) groups excluding carboxylic acids is 3. The van der Waals surface area contributed by atoms with E-state index < -0.39 is 23.2 Å². The molecule has 3 aromatic rings. The van der Waals surface area contributed by atoms with E-state index >= 15 is 0 Å². The number of benzene rings is 3. The van der Waals surface area contributed by atoms with Crippen molar-refractivity contribution in [2.75, 3.05) is 31.2 Å². The summed E-state index contributed by atoms with van der Waals surface area (Å²) in [6.45, 7) is 0.476. The summed E-state index contributed by atoms with van der Waals surface area (Å²) in [4.78, 5) is 45.0. The van der Waals surface area contributed by atoms with Crippen molar-refractivity contribution in [3.05, 3.63) is 101 Å². The van der Waals surface area contributed by atoms with Crippen LogP contribution in [-0.4, -0.2) is 59.4 Å². The zero-order valence-electron chi connectivity index (χ0n) is 22.0. The molecule has 2 aliphatic heterocycles. The number of nitrogens with zero attached hydrogens (tertiary/aromatic N) is 3. The molecule has 214 valence electrons. The molecule has 41 heavy (non-hydrogen) atoms. The van der Waals surface area contributed by atoms with Gasteiger partial charge in [-0.05, 0) is 54.8 Å². The third kappa shape index (κ3) is 5.88. The number of carbonyl (C=O) groups is 3. The van der Waals surface area contributed by atoms with Gasteiger partial charge < -0.3 is 20.0 Å². The minimum absolute atomic E-state index is 0.0998. The number of halogens is 4. The molecule has 11 heteroatoms. The van der Waals surface area contributed by atoms with Gasteiger partial charge in [0.05, 0.1) is 22.8 Å². The minimum atomic E-state index is -4.48. The molecule has 0 unspecified atom stereocenters. The molecule has 3 amide bonds. The zero-order chi connectivity index (χ0) is 29.2. The van der Waals surface area contributed by atoms with Crippen LogP contribution in [0.5, 0.6) is 0 Å². The molecule has 2 saturated heterocycles. The van der Waals surface area contributed by atoms with E-state index in [4.69, 9.17) is 11.6 Å². The third-order valence-electron chi connectivity index (χ3n) is 7.64. The van der Waals surface area contributed by atoms with E-state index in [1.54, 1.807) is 29.2 Å². The lowest BCUT2D eigenvalue weighted by molar-refractivity contribution is -0.138. The molecule has 5 rings (SSSR count). The quantitative estimate of drug-likeness (QED) is 0.445. The van der Waals surface area contributed by atoms with Crippen LogP contribution in [0, 0.1) is 0 Å². The molecule has 2 fully saturated rings. The molecule has 7 nitrogen and oxygen atoms in total. The molecule has 1 spiro atoms. The predicted octanol–water partition coefficient (Wildman–Crippen LogP) is 4.96. The number of likely N-dealkylation sites (tertiary alicyclic amines) is 1. The molecule has 2 heterocycles. The van der Waals surface area contributed by atoms with Gasteiger partial charge in [0.2, 0.25) is 5.91 Å². The molecule has 1 N–H and O–H groups in total. The molecular weight excluding hydrogens is 557 g/mol. The van der Waals surface area contributed by atoms with Crippen LogP contribution in [0.3, 0.4) is 0 Å². The lowest BCUT2D eigenvalue weighted by Crippen LogP contribution is -2.57. The molecule has 0 saturated carbocycles. The molecule has 0 radical (unpaired) electrons. The Labute approximate surface area is 240 Å². The fourth-order valence-electron chi connectivity index (χ4n) is 5.49. The summed E-state index contributed by atoms with van der Waals surface area (Å²) < 4.78 is 39.1. The Morgan fingerprint density at radius 1 is 0.927 bits per heavy atom. The normalized spacial score (nSPS) is 16.8. The van der Waals surface area contributed by atoms with Gasteiger partial charge in [-0.3, -0.25) is 14.4 Å². The van der Waals surface area contributed by atoms with Gasteiger partial charge in [0.1, 0.15) is 12.1 Å². The van der Waals surface area contributed by atoms with E-state index in [1.807, 2.05) is 35.2 Å². The Morgan fingerprint density at radius 2 is 1.61 bits per heavy atom. The average molecular weight is 585 g/mol. The molecule has 0 bridgehead atoms. The van der Waals surface area contributed by atoms with Crippen LogP contribution in [-0.2, 0) is 22.3 Å². The van der Waals surface area contributed by atoms with E-state index in [9.17, 15) is 27.6 Å². The number of para-hydroxylation sites is 1. The number of piperidine rings is 1. The maximum absolute atomic E-state index is 13.9. The Bertz CT molecular complexity index is 1440. The van der Waals surface area contributed by atoms with Gasteiger partial charge in [-0.15, -0.1) is 0 Å². The van der Waals surface area contributed by atoms with E-state index in [1.165, 1.54) is 17.0 Å². The molecule has 0 aromatic heterocycles. The van der Waals surface area contributed by atoms with E-state index in [2.05, 4.69) is 5.32 Å². The summed E-state index contributed by atoms with van der Waals surface area (Å²) in [6.07, 6.45) is -3.76. The van der Waals surface area contributed by atoms with Gasteiger partial charge >= 0.3 is 6.18 Å². The predicted molar refractivity (Wildman–Crippen MR) is 148 cm³/mol. The van der Waals surface area contributed by atoms with Gasteiger partial charge in [-0.25, -0.2) is 0 Å². The zero-order valence-corrected chi connectivity index (χ0v) is 22.8. The second kappa shape index (κ2) is 11.4. The highest BCUT2D eigenvalue weighted by molar-refractivity contribution is 6.33. The topological polar surface area (TPSA) is 73.0 Å². The fourth-order valence-corrected chi connectivity index (χ4v) is 5.71. The van der Waals surface area contributed by atoms with Crippen molar-refractivity contribution < 1.29 is 27.6 Å². The summed E-state index contributed by atoms with van der Waals surface area (Å²) in [7, 11) is 0. The summed E-state index contributed by atoms with van der Waals surface area (Å²) in [5, 5.41) is 3.00. The fraction of sp³-hybridized carbons (Fsp3) is 0.300. The standard InChI is InChI=1S/C30H28ClF3N4O3/c31-25-12-5-4-11-24(25)27(40)36-15-13-29(14-16-36)28(41)37(20-38(29)23-9-2-1-3-10-23)19-26(39)35-18-21-7-6-8-22(17-21)30(32,33)34/h1-12,17H,13-16,18-20H2,(H,35,39). The Kier molecular flexibility index (Phi) is 7.95. The van der Waals surface area contributed by atoms with E-state index in [0.717, 1.165) is 17.8 Å². The Hall–Kier alpha value is -4.05. The number of alkyl halides is 3. The maximum atomic E-state index is 13.9. The minimum Gasteiger partial charge on any atom is -0.350 e. The first-order valence-corrected chi connectivity index (χ1v) is 13.5. The second-order valence-electron chi connectivity index (χ2n) is 10.2. The first-order valence-electron chi connectivity index (χ1n) is 13.2. The molecule has 0 atom stereocenters. The Morgan fingerprint density at radius 3 is 2.29 bits per heavy atom. The number of amides is 3. The first kappa shape index (κ1) is 28.5. The van der Waals surface area contributed by atoms with Crippen molar-refractivity contribution >= 4 is 35.0 Å². The van der Waals surface area contributed by atoms with Crippen molar-refractivity contribution in [2.24, 2.45) is 0 Å². The number of rotatable bonds is 6. The highest BCUT2D eigenvalue weighted by Gasteiger charge is 2.54. The summed E-state index contributed by atoms with van der Waals surface area (Å²) in [5.74, 6) is -0.902. The smallest absolute Gasteiger partial charge is 0.350 e. The van der Waals surface area contributed by atoms with Gasteiger partial charge in [0.15, 0.2) is 0 Å². The van der Waals surface area contributed by atoms with Crippen molar-refractivity contribution in [3.8, 4) is 0 Å². The number of hydrogen-bond acceptors (Lipinski definition) is 4. The van der Waals surface area contributed by atoms with Gasteiger partial charge in [0, 0.05) is 25.3 Å². The average Bonchev–Trinajstić information content (AvgIpc) is 3.22. The molecule has 2 aliphatic rings. The number of nitrogens with one attached hydrogen (secondary N) is 1. The molecule has 0 aliphatic carbocycles. The van der Waals surface area contributed by atoms with Crippen molar-refractivity contribution in [1.29, 1.82) is 0 Å². The highest BCUT2D eigenvalue weighted by atomic mass is 35.5. The highest BCUT2D eigenvalue weighted by Crippen LogP contribution is 2.40. The van der Waals surface area contributed by atoms with Crippen LogP contribution in [0.15, 0.2) is 78.9 Å². The number of anilines is 1. The summed E-state index contributed by atoms with van der Waals surface area (Å²) >= 11 is 6.24. The Balaban J connectivity index is 1.29. The third-order valence-corrected chi connectivity index (χ3v) is 7.97. The van der Waals surface area contributed by atoms with Crippen molar-refractivity contribution in [1.82, 2.24) is 15.1 Å². The maximum Gasteiger partial charge on any atom is 0.416 e. The van der Waals surface area contributed by atoms with Gasteiger partial charge in [0.25, 0.3) is 11.8 Å². The van der Waals surface area contributed by atoms with Crippen molar-refractivity contribution in [2.45, 2.75) is 31.1 Å². The molecular formula is C30H28ClF3N4O3. The van der Waals surface area contributed by atoms with Crippen LogP contribution in [0.4, 0.5) is 18.9 Å². The van der Waals surface area contributed by atoms with Crippen LogP contribution in [0.2, 0.25) is 5.02 Å². The molecule has 3 aromatic carbocycles. The largest absolute Gasteiger partial charge is 0.416 e. The van der Waals surface area contributed by atoms with Crippen LogP contribution in [0.1, 0.15) is 34.3 Å².